The maximum absolute atomic E-state index is 12.4. The molecule has 4 heteroatoms. The van der Waals surface area contributed by atoms with Crippen LogP contribution in [0.2, 0.25) is 0 Å². The zero-order valence-corrected chi connectivity index (χ0v) is 12.8. The van der Waals surface area contributed by atoms with E-state index in [4.69, 9.17) is 0 Å². The van der Waals surface area contributed by atoms with Gasteiger partial charge >= 0.3 is 0 Å². The van der Waals surface area contributed by atoms with Gasteiger partial charge < -0.3 is 5.32 Å². The Balaban J connectivity index is 1.96. The number of aromatic amines is 1. The number of anilines is 2. The second kappa shape index (κ2) is 5.02. The molecule has 0 unspecified atom stereocenters. The highest BCUT2D eigenvalue weighted by Crippen LogP contribution is 2.37. The molecule has 0 fully saturated rings. The van der Waals surface area contributed by atoms with Gasteiger partial charge in [-0.15, -0.1) is 0 Å². The van der Waals surface area contributed by atoms with Crippen molar-refractivity contribution in [3.05, 3.63) is 41.1 Å². The summed E-state index contributed by atoms with van der Waals surface area (Å²) in [6.07, 6.45) is 2.37. The molecule has 0 spiro atoms. The van der Waals surface area contributed by atoms with Gasteiger partial charge in [0.05, 0.1) is 5.56 Å². The van der Waals surface area contributed by atoms with Gasteiger partial charge in [-0.25, -0.2) is 0 Å². The molecule has 1 aliphatic carbocycles. The van der Waals surface area contributed by atoms with E-state index in [1.807, 2.05) is 18.2 Å². The Labute approximate surface area is 125 Å². The predicted octanol–water partition coefficient (Wildman–Crippen LogP) is 3.87. The molecule has 0 bridgehead atoms. The minimum absolute atomic E-state index is 0.00914. The number of benzene rings is 1. The topological polar surface area (TPSA) is 57.8 Å². The predicted molar refractivity (Wildman–Crippen MR) is 84.1 cm³/mol. The van der Waals surface area contributed by atoms with Gasteiger partial charge in [-0.3, -0.25) is 9.89 Å². The van der Waals surface area contributed by atoms with Crippen LogP contribution < -0.4 is 5.32 Å². The molecule has 3 rings (SSSR count). The number of aromatic nitrogens is 2. The number of carbonyl (C=O) groups is 1. The standard InChI is InChI=1S/C17H21N3O/c1-4-11-7-5-6-8-12(11)18-16-15-13(19-20-16)9-17(2,3)10-14(15)21/h5-8H,4,9-10H2,1-3H3,(H2,18,19,20). The molecule has 0 atom stereocenters. The Morgan fingerprint density at radius 1 is 1.29 bits per heavy atom. The van der Waals surface area contributed by atoms with Gasteiger partial charge in [-0.05, 0) is 29.9 Å². The third-order valence-corrected chi connectivity index (χ3v) is 4.07. The molecule has 2 N–H and O–H groups in total. The van der Waals surface area contributed by atoms with E-state index in [1.165, 1.54) is 5.56 Å². The van der Waals surface area contributed by atoms with E-state index in [0.29, 0.717) is 12.2 Å². The molecule has 21 heavy (non-hydrogen) atoms. The zero-order chi connectivity index (χ0) is 15.0. The highest BCUT2D eigenvalue weighted by Gasteiger charge is 2.34. The van der Waals surface area contributed by atoms with E-state index < -0.39 is 0 Å². The average molecular weight is 283 g/mol. The highest BCUT2D eigenvalue weighted by atomic mass is 16.1. The fraction of sp³-hybridized carbons (Fsp3) is 0.412. The summed E-state index contributed by atoms with van der Waals surface area (Å²) >= 11 is 0. The van der Waals surface area contributed by atoms with Crippen molar-refractivity contribution >= 4 is 17.3 Å². The Morgan fingerprint density at radius 2 is 2.05 bits per heavy atom. The smallest absolute Gasteiger partial charge is 0.169 e. The fourth-order valence-corrected chi connectivity index (χ4v) is 3.04. The summed E-state index contributed by atoms with van der Waals surface area (Å²) in [6, 6.07) is 8.13. The third-order valence-electron chi connectivity index (χ3n) is 4.07. The number of nitrogens with one attached hydrogen (secondary N) is 2. The van der Waals surface area contributed by atoms with E-state index in [9.17, 15) is 4.79 Å². The maximum Gasteiger partial charge on any atom is 0.169 e. The largest absolute Gasteiger partial charge is 0.338 e. The lowest BCUT2D eigenvalue weighted by Gasteiger charge is -2.27. The number of ketones is 1. The number of Topliss-reactive ketones (excluding diaryl/α,β-unsaturated/α-hetero) is 1. The second-order valence-corrected chi connectivity index (χ2v) is 6.50. The van der Waals surface area contributed by atoms with Crippen LogP contribution in [0.15, 0.2) is 24.3 Å². The number of rotatable bonds is 3. The number of H-pyrrole nitrogens is 1. The molecule has 4 nitrogen and oxygen atoms in total. The summed E-state index contributed by atoms with van der Waals surface area (Å²) in [6.45, 7) is 6.36. The van der Waals surface area contributed by atoms with Crippen LogP contribution in [0.4, 0.5) is 11.5 Å². The number of hydrogen-bond acceptors (Lipinski definition) is 3. The van der Waals surface area contributed by atoms with Crippen molar-refractivity contribution in [1.29, 1.82) is 0 Å². The fourth-order valence-electron chi connectivity index (χ4n) is 3.04. The Bertz CT molecular complexity index is 685. The molecule has 0 saturated heterocycles. The molecular weight excluding hydrogens is 262 g/mol. The number of nitrogens with zero attached hydrogens (tertiary/aromatic N) is 1. The van der Waals surface area contributed by atoms with Crippen LogP contribution in [-0.4, -0.2) is 16.0 Å². The molecular formula is C17H21N3O. The van der Waals surface area contributed by atoms with Gasteiger partial charge in [0.1, 0.15) is 0 Å². The van der Waals surface area contributed by atoms with Crippen LogP contribution in [0.5, 0.6) is 0 Å². The van der Waals surface area contributed by atoms with E-state index in [-0.39, 0.29) is 11.2 Å². The van der Waals surface area contributed by atoms with Gasteiger partial charge in [-0.1, -0.05) is 39.0 Å². The Hall–Kier alpha value is -2.10. The molecule has 1 aliphatic rings. The van der Waals surface area contributed by atoms with E-state index in [2.05, 4.69) is 42.4 Å². The van der Waals surface area contributed by atoms with E-state index >= 15 is 0 Å². The quantitative estimate of drug-likeness (QED) is 0.899. The first-order chi connectivity index (χ1) is 10.00. The van der Waals surface area contributed by atoms with Crippen molar-refractivity contribution in [3.63, 3.8) is 0 Å². The van der Waals surface area contributed by atoms with Gasteiger partial charge in [0, 0.05) is 17.8 Å². The summed E-state index contributed by atoms with van der Waals surface area (Å²) in [5.41, 5.74) is 3.94. The minimum atomic E-state index is 0.00914. The second-order valence-electron chi connectivity index (χ2n) is 6.50. The van der Waals surface area contributed by atoms with Crippen LogP contribution in [0.3, 0.4) is 0 Å². The molecule has 0 saturated carbocycles. The lowest BCUT2D eigenvalue weighted by atomic mass is 9.76. The SMILES string of the molecule is CCc1ccccc1Nc1n[nH]c2c1C(=O)CC(C)(C)C2. The molecule has 0 aliphatic heterocycles. The summed E-state index contributed by atoms with van der Waals surface area (Å²) in [5.74, 6) is 0.831. The van der Waals surface area contributed by atoms with Crippen LogP contribution in [0.25, 0.3) is 0 Å². The first-order valence-electron chi connectivity index (χ1n) is 7.45. The van der Waals surface area contributed by atoms with Crippen LogP contribution in [-0.2, 0) is 12.8 Å². The van der Waals surface area contributed by atoms with E-state index in [1.54, 1.807) is 0 Å². The Morgan fingerprint density at radius 3 is 2.81 bits per heavy atom. The van der Waals surface area contributed by atoms with Crippen LogP contribution in [0, 0.1) is 5.41 Å². The van der Waals surface area contributed by atoms with Gasteiger partial charge in [0.15, 0.2) is 11.6 Å². The lowest BCUT2D eigenvalue weighted by molar-refractivity contribution is 0.0912. The summed E-state index contributed by atoms with van der Waals surface area (Å²) < 4.78 is 0. The zero-order valence-electron chi connectivity index (χ0n) is 12.8. The molecule has 1 aromatic heterocycles. The van der Waals surface area contributed by atoms with Crippen molar-refractivity contribution in [2.75, 3.05) is 5.32 Å². The molecule has 1 aromatic carbocycles. The average Bonchev–Trinajstić information content (AvgIpc) is 2.81. The molecule has 2 aromatic rings. The first kappa shape index (κ1) is 13.9. The molecule has 110 valence electrons. The third kappa shape index (κ3) is 2.58. The van der Waals surface area contributed by atoms with Gasteiger partial charge in [0.25, 0.3) is 0 Å². The van der Waals surface area contributed by atoms with E-state index in [0.717, 1.165) is 29.8 Å². The van der Waals surface area contributed by atoms with Crippen molar-refractivity contribution in [2.45, 2.75) is 40.0 Å². The van der Waals surface area contributed by atoms with Crippen LogP contribution >= 0.6 is 0 Å². The molecule has 0 amide bonds. The number of fused-ring (bicyclic) bond motifs is 1. The molecule has 1 heterocycles. The summed E-state index contributed by atoms with van der Waals surface area (Å²) in [7, 11) is 0. The van der Waals surface area contributed by atoms with Gasteiger partial charge in [-0.2, -0.15) is 5.10 Å². The summed E-state index contributed by atoms with van der Waals surface area (Å²) in [4.78, 5) is 12.4. The van der Waals surface area contributed by atoms with Crippen molar-refractivity contribution < 1.29 is 4.79 Å². The first-order valence-corrected chi connectivity index (χ1v) is 7.45. The summed E-state index contributed by atoms with van der Waals surface area (Å²) in [5, 5.41) is 10.7. The molecule has 0 radical (unpaired) electrons. The Kier molecular flexibility index (Phi) is 3.32. The van der Waals surface area contributed by atoms with Crippen LogP contribution in [0.1, 0.15) is 48.8 Å². The normalized spacial score (nSPS) is 16.6. The number of hydrogen-bond donors (Lipinski definition) is 2. The maximum atomic E-state index is 12.4. The highest BCUT2D eigenvalue weighted by molar-refractivity contribution is 6.03. The lowest BCUT2D eigenvalue weighted by Crippen LogP contribution is -2.26. The van der Waals surface area contributed by atoms with Crippen molar-refractivity contribution in [2.24, 2.45) is 5.41 Å². The number of aryl methyl sites for hydroxylation is 1. The van der Waals surface area contributed by atoms with Crippen molar-refractivity contribution in [3.8, 4) is 0 Å². The minimum Gasteiger partial charge on any atom is -0.338 e. The number of carbonyl (C=O) groups excluding carboxylic acids is 1. The number of para-hydroxylation sites is 1. The van der Waals surface area contributed by atoms with Gasteiger partial charge in [0.2, 0.25) is 0 Å². The monoisotopic (exact) mass is 283 g/mol. The van der Waals surface area contributed by atoms with Crippen molar-refractivity contribution in [1.82, 2.24) is 10.2 Å².